The van der Waals surface area contributed by atoms with Gasteiger partial charge in [0.25, 0.3) is 0 Å². The van der Waals surface area contributed by atoms with Gasteiger partial charge >= 0.3 is 5.97 Å². The van der Waals surface area contributed by atoms with Crippen molar-refractivity contribution in [3.05, 3.63) is 35.2 Å². The molecular formula is C16H24ClN3O5S2. The second-order valence-electron chi connectivity index (χ2n) is 6.15. The molecule has 0 radical (unpaired) electrons. The summed E-state index contributed by atoms with van der Waals surface area (Å²) in [5.74, 6) is -0.701. The number of ether oxygens (including phenoxy) is 1. The van der Waals surface area contributed by atoms with Gasteiger partial charge in [0.2, 0.25) is 10.0 Å². The summed E-state index contributed by atoms with van der Waals surface area (Å²) in [7, 11) is -2.04. The minimum Gasteiger partial charge on any atom is -0.465 e. The Kier molecular flexibility index (Phi) is 9.16. The first-order valence-corrected chi connectivity index (χ1v) is 10.5. The van der Waals surface area contributed by atoms with Gasteiger partial charge in [0.05, 0.1) is 16.2 Å². The van der Waals surface area contributed by atoms with Crippen LogP contribution in [0.15, 0.2) is 39.8 Å². The number of nitrogens with zero attached hydrogens (tertiary/aromatic N) is 2. The van der Waals surface area contributed by atoms with E-state index in [-0.39, 0.29) is 23.9 Å². The summed E-state index contributed by atoms with van der Waals surface area (Å²) in [5.41, 5.74) is 0. The number of nitroso groups, excluding NO2 is 1. The molecule has 0 amide bonds. The lowest BCUT2D eigenvalue weighted by Gasteiger charge is -2.41. The van der Waals surface area contributed by atoms with Gasteiger partial charge in [0, 0.05) is 16.5 Å². The van der Waals surface area contributed by atoms with E-state index >= 15 is 0 Å². The molecule has 1 aliphatic rings. The third-order valence-electron chi connectivity index (χ3n) is 4.43. The van der Waals surface area contributed by atoms with Crippen molar-refractivity contribution in [2.75, 3.05) is 26.7 Å². The average molecular weight is 438 g/mol. The Morgan fingerprint density at radius 2 is 1.93 bits per heavy atom. The summed E-state index contributed by atoms with van der Waals surface area (Å²) in [6.07, 6.45) is 0.862. The van der Waals surface area contributed by atoms with Gasteiger partial charge in [0.1, 0.15) is 6.04 Å². The minimum absolute atomic E-state index is 0. The van der Waals surface area contributed by atoms with Crippen LogP contribution < -0.4 is 4.72 Å². The van der Waals surface area contributed by atoms with Crippen molar-refractivity contribution in [2.24, 2.45) is 4.58 Å². The third kappa shape index (κ3) is 5.89. The molecule has 0 spiro atoms. The van der Waals surface area contributed by atoms with E-state index in [0.717, 1.165) is 0 Å². The SMILES string of the molecule is CCOC(=O)C(NS(=O)(=O)c1ccccc1)C1(SN=O)CCN(C)CC1.Cl. The number of likely N-dealkylation sites (tertiary alicyclic amines) is 1. The molecule has 11 heteroatoms. The maximum atomic E-state index is 12.8. The number of hydrogen-bond acceptors (Lipinski definition) is 8. The van der Waals surface area contributed by atoms with E-state index < -0.39 is 26.8 Å². The Balaban J connectivity index is 0.00000364. The third-order valence-corrected chi connectivity index (χ3v) is 6.95. The summed E-state index contributed by atoms with van der Waals surface area (Å²) in [6.45, 7) is 2.99. The van der Waals surface area contributed by atoms with Crippen molar-refractivity contribution >= 4 is 40.3 Å². The predicted molar refractivity (Wildman–Crippen MR) is 107 cm³/mol. The number of nitrogens with one attached hydrogen (secondary N) is 1. The highest BCUT2D eigenvalue weighted by Gasteiger charge is 2.49. The van der Waals surface area contributed by atoms with Crippen LogP contribution in [0.3, 0.4) is 0 Å². The first-order chi connectivity index (χ1) is 12.3. The Morgan fingerprint density at radius 3 is 2.44 bits per heavy atom. The molecule has 0 bridgehead atoms. The van der Waals surface area contributed by atoms with Gasteiger partial charge in [-0.2, -0.15) is 4.72 Å². The molecule has 1 aromatic rings. The number of halogens is 1. The van der Waals surface area contributed by atoms with E-state index in [2.05, 4.69) is 14.2 Å². The molecule has 152 valence electrons. The van der Waals surface area contributed by atoms with Gasteiger partial charge in [-0.15, -0.1) is 17.3 Å². The van der Waals surface area contributed by atoms with E-state index in [9.17, 15) is 18.1 Å². The zero-order valence-electron chi connectivity index (χ0n) is 15.2. The van der Waals surface area contributed by atoms with E-state index in [1.54, 1.807) is 25.1 Å². The van der Waals surface area contributed by atoms with Gasteiger partial charge in [0.15, 0.2) is 0 Å². The second kappa shape index (κ2) is 10.4. The number of benzene rings is 1. The highest BCUT2D eigenvalue weighted by atomic mass is 35.5. The highest BCUT2D eigenvalue weighted by Crippen LogP contribution is 2.40. The van der Waals surface area contributed by atoms with Crippen LogP contribution in [0.4, 0.5) is 0 Å². The summed E-state index contributed by atoms with van der Waals surface area (Å²) in [6, 6.07) is 6.58. The Labute approximate surface area is 170 Å². The monoisotopic (exact) mass is 437 g/mol. The molecular weight excluding hydrogens is 414 g/mol. The number of rotatable bonds is 8. The summed E-state index contributed by atoms with van der Waals surface area (Å²) in [4.78, 5) is 25.7. The molecule has 0 saturated carbocycles. The lowest BCUT2D eigenvalue weighted by atomic mass is 9.88. The fourth-order valence-corrected chi connectivity index (χ4v) is 5.06. The molecule has 0 aliphatic carbocycles. The van der Waals surface area contributed by atoms with Gasteiger partial charge in [-0.25, -0.2) is 8.42 Å². The molecule has 8 nitrogen and oxygen atoms in total. The van der Waals surface area contributed by atoms with Crippen molar-refractivity contribution < 1.29 is 17.9 Å². The molecule has 1 aliphatic heterocycles. The molecule has 2 rings (SSSR count). The standard InChI is InChI=1S/C16H23N3O5S2.ClH/c1-3-24-15(20)14(16(25-18-21)9-11-19(2)12-10-16)17-26(22,23)13-7-5-4-6-8-13;/h4-8,14,17H,3,9-12H2,1-2H3;1H. The van der Waals surface area contributed by atoms with Crippen molar-refractivity contribution in [1.29, 1.82) is 0 Å². The van der Waals surface area contributed by atoms with E-state index in [1.165, 1.54) is 12.1 Å². The number of hydrogen-bond donors (Lipinski definition) is 1. The van der Waals surface area contributed by atoms with E-state index in [4.69, 9.17) is 4.74 Å². The summed E-state index contributed by atoms with van der Waals surface area (Å²) in [5, 5.41) is 0. The fraction of sp³-hybridized carbons (Fsp3) is 0.562. The Bertz CT molecular complexity index is 725. The molecule has 1 atom stereocenters. The normalized spacial score (nSPS) is 18.1. The van der Waals surface area contributed by atoms with E-state index in [1.807, 2.05) is 7.05 Å². The van der Waals surface area contributed by atoms with Gasteiger partial charge in [-0.05, 0) is 52.0 Å². The maximum absolute atomic E-state index is 12.8. The van der Waals surface area contributed by atoms with Gasteiger partial charge in [-0.1, -0.05) is 18.2 Å². The number of esters is 1. The predicted octanol–water partition coefficient (Wildman–Crippen LogP) is 2.20. The maximum Gasteiger partial charge on any atom is 0.325 e. The Hall–Kier alpha value is -1.20. The van der Waals surface area contributed by atoms with Crippen molar-refractivity contribution in [2.45, 2.75) is 35.4 Å². The van der Waals surface area contributed by atoms with Crippen LogP contribution in [0.25, 0.3) is 0 Å². The van der Waals surface area contributed by atoms with Crippen LogP contribution in [0.2, 0.25) is 0 Å². The van der Waals surface area contributed by atoms with Gasteiger partial charge in [-0.3, -0.25) is 4.79 Å². The lowest BCUT2D eigenvalue weighted by Crippen LogP contribution is -2.59. The first-order valence-electron chi connectivity index (χ1n) is 8.28. The van der Waals surface area contributed by atoms with Crippen LogP contribution in [0.1, 0.15) is 19.8 Å². The van der Waals surface area contributed by atoms with Crippen molar-refractivity contribution in [1.82, 2.24) is 9.62 Å². The summed E-state index contributed by atoms with van der Waals surface area (Å²) < 4.78 is 35.0. The zero-order valence-corrected chi connectivity index (χ0v) is 17.6. The number of sulfonamides is 1. The topological polar surface area (TPSA) is 105 Å². The molecule has 1 unspecified atom stereocenters. The van der Waals surface area contributed by atoms with Crippen LogP contribution in [0.5, 0.6) is 0 Å². The minimum atomic E-state index is -3.96. The molecule has 0 aromatic heterocycles. The van der Waals surface area contributed by atoms with Crippen molar-refractivity contribution in [3.8, 4) is 0 Å². The fourth-order valence-electron chi connectivity index (χ4n) is 2.92. The smallest absolute Gasteiger partial charge is 0.325 e. The van der Waals surface area contributed by atoms with E-state index in [0.29, 0.717) is 37.9 Å². The number of carbonyl (C=O) groups excluding carboxylic acids is 1. The largest absolute Gasteiger partial charge is 0.465 e. The average Bonchev–Trinajstić information content (AvgIpc) is 2.63. The van der Waals surface area contributed by atoms with Crippen LogP contribution in [0, 0.1) is 4.91 Å². The van der Waals surface area contributed by atoms with Crippen LogP contribution in [-0.4, -0.2) is 56.8 Å². The molecule has 1 saturated heterocycles. The first kappa shape index (κ1) is 23.8. The molecule has 1 aromatic carbocycles. The Morgan fingerprint density at radius 1 is 1.33 bits per heavy atom. The van der Waals surface area contributed by atoms with Crippen LogP contribution >= 0.6 is 24.4 Å². The quantitative estimate of drug-likeness (QED) is 0.377. The van der Waals surface area contributed by atoms with Gasteiger partial charge < -0.3 is 9.64 Å². The molecule has 1 fully saturated rings. The summed E-state index contributed by atoms with van der Waals surface area (Å²) >= 11 is 0.715. The highest BCUT2D eigenvalue weighted by molar-refractivity contribution is 7.99. The number of carbonyl (C=O) groups is 1. The zero-order chi connectivity index (χ0) is 19.2. The van der Waals surface area contributed by atoms with Crippen molar-refractivity contribution in [3.63, 3.8) is 0 Å². The molecule has 27 heavy (non-hydrogen) atoms. The number of piperidine rings is 1. The molecule has 1 heterocycles. The lowest BCUT2D eigenvalue weighted by molar-refractivity contribution is -0.146. The second-order valence-corrected chi connectivity index (χ2v) is 9.01. The molecule has 1 N–H and O–H groups in total. The van der Waals surface area contributed by atoms with Crippen LogP contribution in [-0.2, 0) is 19.6 Å².